The third kappa shape index (κ3) is 2.84. The summed E-state index contributed by atoms with van der Waals surface area (Å²) in [5, 5.41) is 3.17. The Balaban J connectivity index is 1.64. The van der Waals surface area contributed by atoms with Gasteiger partial charge in [0.15, 0.2) is 0 Å². The lowest BCUT2D eigenvalue weighted by molar-refractivity contribution is -0.128. The predicted molar refractivity (Wildman–Crippen MR) is 85.0 cm³/mol. The molecule has 21 heavy (non-hydrogen) atoms. The number of nitrogens with one attached hydrogen (secondary N) is 1. The van der Waals surface area contributed by atoms with E-state index in [1.165, 1.54) is 18.4 Å². The summed E-state index contributed by atoms with van der Waals surface area (Å²) < 4.78 is 0. The molecule has 114 valence electrons. The van der Waals surface area contributed by atoms with Crippen LogP contribution in [0.15, 0.2) is 30.3 Å². The van der Waals surface area contributed by atoms with Crippen LogP contribution in [-0.2, 0) is 10.2 Å². The quantitative estimate of drug-likeness (QED) is 0.894. The molecular formula is C18H26N2O. The second-order valence-corrected chi connectivity index (χ2v) is 6.90. The largest absolute Gasteiger partial charge is 0.354 e. The number of nitrogens with two attached hydrogens (primary N) is 1. The van der Waals surface area contributed by atoms with Crippen molar-refractivity contribution in [3.05, 3.63) is 35.9 Å². The van der Waals surface area contributed by atoms with E-state index in [2.05, 4.69) is 29.6 Å². The molecule has 0 atom stereocenters. The fraction of sp³-hybridized carbons (Fsp3) is 0.611. The molecule has 0 spiro atoms. The molecule has 2 aliphatic rings. The van der Waals surface area contributed by atoms with Gasteiger partial charge in [-0.25, -0.2) is 0 Å². The Labute approximate surface area is 127 Å². The number of amides is 1. The highest BCUT2D eigenvalue weighted by molar-refractivity contribution is 5.86. The Morgan fingerprint density at radius 1 is 1.00 bits per heavy atom. The maximum Gasteiger partial charge on any atom is 0.240 e. The van der Waals surface area contributed by atoms with Gasteiger partial charge >= 0.3 is 0 Å². The lowest BCUT2D eigenvalue weighted by atomic mass is 9.64. The van der Waals surface area contributed by atoms with Crippen molar-refractivity contribution in [1.82, 2.24) is 5.32 Å². The van der Waals surface area contributed by atoms with E-state index in [9.17, 15) is 4.79 Å². The molecule has 1 aromatic carbocycles. The highest BCUT2D eigenvalue weighted by Crippen LogP contribution is 2.43. The number of hydrogen-bond acceptors (Lipinski definition) is 2. The third-order valence-corrected chi connectivity index (χ3v) is 5.48. The summed E-state index contributed by atoms with van der Waals surface area (Å²) in [4.78, 5) is 12.5. The Bertz CT molecular complexity index is 487. The van der Waals surface area contributed by atoms with Gasteiger partial charge in [-0.05, 0) is 31.2 Å². The van der Waals surface area contributed by atoms with Crippen LogP contribution in [0.4, 0.5) is 0 Å². The van der Waals surface area contributed by atoms with Crippen LogP contribution >= 0.6 is 0 Å². The van der Waals surface area contributed by atoms with Crippen LogP contribution in [0.3, 0.4) is 0 Å². The number of carbonyl (C=O) groups excluding carboxylic acids is 1. The molecule has 1 amide bonds. The van der Waals surface area contributed by atoms with Crippen molar-refractivity contribution in [2.45, 2.75) is 62.3 Å². The number of hydrogen-bond donors (Lipinski definition) is 2. The molecule has 0 heterocycles. The van der Waals surface area contributed by atoms with E-state index in [1.54, 1.807) is 0 Å². The van der Waals surface area contributed by atoms with Gasteiger partial charge in [-0.15, -0.1) is 0 Å². The molecule has 3 rings (SSSR count). The maximum atomic E-state index is 12.5. The first-order valence-corrected chi connectivity index (χ1v) is 8.27. The third-order valence-electron chi connectivity index (χ3n) is 5.48. The molecule has 0 saturated heterocycles. The normalized spacial score (nSPS) is 23.1. The van der Waals surface area contributed by atoms with E-state index in [0.29, 0.717) is 0 Å². The molecule has 3 nitrogen and oxygen atoms in total. The van der Waals surface area contributed by atoms with Crippen LogP contribution in [-0.4, -0.2) is 18.0 Å². The van der Waals surface area contributed by atoms with Crippen molar-refractivity contribution in [3.8, 4) is 0 Å². The van der Waals surface area contributed by atoms with Gasteiger partial charge in [-0.2, -0.15) is 0 Å². The number of benzene rings is 1. The molecule has 0 radical (unpaired) electrons. The van der Waals surface area contributed by atoms with E-state index in [1.807, 2.05) is 6.07 Å². The first-order valence-electron chi connectivity index (χ1n) is 8.27. The summed E-state index contributed by atoms with van der Waals surface area (Å²) in [6.07, 6.45) is 8.60. The van der Waals surface area contributed by atoms with Gasteiger partial charge in [0.1, 0.15) is 0 Å². The zero-order chi connectivity index (χ0) is 14.8. The van der Waals surface area contributed by atoms with E-state index in [4.69, 9.17) is 5.73 Å². The van der Waals surface area contributed by atoms with Crippen molar-refractivity contribution in [2.24, 2.45) is 5.73 Å². The van der Waals surface area contributed by atoms with E-state index >= 15 is 0 Å². The predicted octanol–water partition coefficient (Wildman–Crippen LogP) is 2.89. The van der Waals surface area contributed by atoms with Crippen LogP contribution in [0, 0.1) is 0 Å². The van der Waals surface area contributed by atoms with Crippen LogP contribution in [0.1, 0.15) is 56.9 Å². The number of carbonyl (C=O) groups is 1. The Hall–Kier alpha value is -1.35. The van der Waals surface area contributed by atoms with Gasteiger partial charge in [-0.3, -0.25) is 4.79 Å². The fourth-order valence-electron chi connectivity index (χ4n) is 3.80. The van der Waals surface area contributed by atoms with Crippen LogP contribution in [0.25, 0.3) is 0 Å². The molecule has 0 bridgehead atoms. The van der Waals surface area contributed by atoms with Crippen molar-refractivity contribution >= 4 is 5.91 Å². The summed E-state index contributed by atoms with van der Waals surface area (Å²) in [6.45, 7) is 0.731. The van der Waals surface area contributed by atoms with Gasteiger partial charge in [0.2, 0.25) is 5.91 Å². The highest BCUT2D eigenvalue weighted by atomic mass is 16.2. The van der Waals surface area contributed by atoms with Gasteiger partial charge in [0, 0.05) is 12.0 Å². The van der Waals surface area contributed by atoms with Crippen molar-refractivity contribution in [2.75, 3.05) is 6.54 Å². The van der Waals surface area contributed by atoms with Gasteiger partial charge in [-0.1, -0.05) is 56.0 Å². The van der Waals surface area contributed by atoms with Crippen LogP contribution < -0.4 is 11.1 Å². The van der Waals surface area contributed by atoms with Gasteiger partial charge in [0.05, 0.1) is 5.54 Å². The minimum atomic E-state index is -0.625. The summed E-state index contributed by atoms with van der Waals surface area (Å²) in [6, 6.07) is 10.6. The second-order valence-electron chi connectivity index (χ2n) is 6.90. The minimum Gasteiger partial charge on any atom is -0.354 e. The SMILES string of the molecule is NC1(C(=O)NCC2(c3ccccc3)CCC2)CCCCC1. The average molecular weight is 286 g/mol. The summed E-state index contributed by atoms with van der Waals surface area (Å²) in [7, 11) is 0. The van der Waals surface area contributed by atoms with E-state index < -0.39 is 5.54 Å². The molecular weight excluding hydrogens is 260 g/mol. The minimum absolute atomic E-state index is 0.0596. The molecule has 0 aliphatic heterocycles. The van der Waals surface area contributed by atoms with E-state index in [0.717, 1.165) is 45.1 Å². The van der Waals surface area contributed by atoms with Gasteiger partial charge < -0.3 is 11.1 Å². The van der Waals surface area contributed by atoms with Crippen molar-refractivity contribution < 1.29 is 4.79 Å². The van der Waals surface area contributed by atoms with Crippen LogP contribution in [0.2, 0.25) is 0 Å². The number of rotatable bonds is 4. The molecule has 2 fully saturated rings. The molecule has 3 heteroatoms. The zero-order valence-electron chi connectivity index (χ0n) is 12.7. The highest BCUT2D eigenvalue weighted by Gasteiger charge is 2.41. The monoisotopic (exact) mass is 286 g/mol. The first-order chi connectivity index (χ1) is 10.1. The smallest absolute Gasteiger partial charge is 0.240 e. The molecule has 0 aromatic heterocycles. The lowest BCUT2D eigenvalue weighted by Crippen LogP contribution is -2.57. The Morgan fingerprint density at radius 2 is 1.67 bits per heavy atom. The standard InChI is InChI=1S/C18H26N2O/c19-18(12-5-2-6-13-18)16(21)20-14-17(10-7-11-17)15-8-3-1-4-9-15/h1,3-4,8-9H,2,5-7,10-14,19H2,(H,20,21). The molecule has 1 aromatic rings. The van der Waals surface area contributed by atoms with Gasteiger partial charge in [0.25, 0.3) is 0 Å². The first kappa shape index (κ1) is 14.6. The molecule has 2 aliphatic carbocycles. The average Bonchev–Trinajstić information content (AvgIpc) is 2.48. The Kier molecular flexibility index (Phi) is 4.03. The Morgan fingerprint density at radius 3 is 2.24 bits per heavy atom. The maximum absolute atomic E-state index is 12.5. The topological polar surface area (TPSA) is 55.1 Å². The summed E-state index contributed by atoms with van der Waals surface area (Å²) >= 11 is 0. The summed E-state index contributed by atoms with van der Waals surface area (Å²) in [5.41, 5.74) is 7.19. The lowest BCUT2D eigenvalue weighted by Gasteiger charge is -2.43. The zero-order valence-corrected chi connectivity index (χ0v) is 12.7. The molecule has 0 unspecified atom stereocenters. The molecule has 3 N–H and O–H groups in total. The van der Waals surface area contributed by atoms with Crippen molar-refractivity contribution in [1.29, 1.82) is 0 Å². The van der Waals surface area contributed by atoms with Crippen LogP contribution in [0.5, 0.6) is 0 Å². The fourth-order valence-corrected chi connectivity index (χ4v) is 3.80. The molecule has 2 saturated carbocycles. The van der Waals surface area contributed by atoms with E-state index in [-0.39, 0.29) is 11.3 Å². The second kappa shape index (κ2) is 5.80. The van der Waals surface area contributed by atoms with Crippen molar-refractivity contribution in [3.63, 3.8) is 0 Å². The summed E-state index contributed by atoms with van der Waals surface area (Å²) in [5.74, 6) is 0.0596.